The topological polar surface area (TPSA) is 152 Å². The van der Waals surface area contributed by atoms with Crippen molar-refractivity contribution in [3.63, 3.8) is 0 Å². The third-order valence-corrected chi connectivity index (χ3v) is 7.78. The first-order valence-electron chi connectivity index (χ1n) is 14.0. The number of rotatable bonds is 11. The molecular weight excluding hydrogens is 632 g/mol. The van der Waals surface area contributed by atoms with Gasteiger partial charge in [0.1, 0.15) is 5.82 Å². The molecule has 0 spiro atoms. The number of primary amides is 1. The van der Waals surface area contributed by atoms with Crippen LogP contribution in [0.1, 0.15) is 52.4 Å². The maximum Gasteiger partial charge on any atom is 0.482 e. The molecule has 2 amide bonds. The number of aromatic nitrogens is 4. The fraction of sp³-hybridized carbons (Fsp3) is 0.267. The zero-order chi connectivity index (χ0) is 32.7. The molecule has 1 aliphatic heterocycles. The van der Waals surface area contributed by atoms with Gasteiger partial charge in [-0.1, -0.05) is 17.7 Å². The Morgan fingerprint density at radius 2 is 2.00 bits per heavy atom. The van der Waals surface area contributed by atoms with Gasteiger partial charge < -0.3 is 21.2 Å². The van der Waals surface area contributed by atoms with Gasteiger partial charge in [-0.15, -0.1) is 0 Å². The van der Waals surface area contributed by atoms with Crippen LogP contribution in [0, 0.1) is 11.3 Å². The number of anilines is 2. The molecule has 0 saturated heterocycles. The number of carbonyl (C=O) groups excluding carboxylic acids is 2. The highest BCUT2D eigenvalue weighted by atomic mass is 35.5. The van der Waals surface area contributed by atoms with Crippen molar-refractivity contribution in [2.75, 3.05) is 10.2 Å². The van der Waals surface area contributed by atoms with Gasteiger partial charge in [0.15, 0.2) is 5.75 Å². The Hall–Kier alpha value is -5.05. The van der Waals surface area contributed by atoms with Crippen LogP contribution in [0.15, 0.2) is 48.8 Å². The minimum Gasteiger partial charge on any atom is -0.423 e. The van der Waals surface area contributed by atoms with E-state index in [1.165, 1.54) is 42.6 Å². The number of halogens is 5. The van der Waals surface area contributed by atoms with Gasteiger partial charge in [0, 0.05) is 29.7 Å². The van der Waals surface area contributed by atoms with E-state index in [2.05, 4.69) is 20.4 Å². The average Bonchev–Trinajstić information content (AvgIpc) is 3.70. The minimum atomic E-state index is -4.22. The van der Waals surface area contributed by atoms with Crippen LogP contribution in [0.3, 0.4) is 0 Å². The highest BCUT2D eigenvalue weighted by Gasteiger charge is 2.50. The molecule has 4 heterocycles. The van der Waals surface area contributed by atoms with Crippen LogP contribution in [-0.4, -0.2) is 43.9 Å². The van der Waals surface area contributed by atoms with E-state index in [-0.39, 0.29) is 64.2 Å². The van der Waals surface area contributed by atoms with E-state index in [0.717, 1.165) is 30.2 Å². The van der Waals surface area contributed by atoms with E-state index in [1.54, 1.807) is 0 Å². The molecule has 11 nitrogen and oxygen atoms in total. The number of alkyl halides is 4. The molecule has 1 aromatic carbocycles. The van der Waals surface area contributed by atoms with Crippen LogP contribution >= 0.6 is 11.6 Å². The zero-order valence-corrected chi connectivity index (χ0v) is 24.6. The van der Waals surface area contributed by atoms with Crippen LogP contribution in [0.25, 0.3) is 11.1 Å². The molecule has 4 N–H and O–H groups in total. The predicted octanol–water partition coefficient (Wildman–Crippen LogP) is 5.57. The lowest BCUT2D eigenvalue weighted by Crippen LogP contribution is -2.50. The van der Waals surface area contributed by atoms with Crippen molar-refractivity contribution in [3.8, 4) is 16.9 Å². The van der Waals surface area contributed by atoms with Crippen molar-refractivity contribution in [2.45, 2.75) is 45.0 Å². The normalized spacial score (nSPS) is 15.4. The molecule has 0 bridgehead atoms. The Morgan fingerprint density at radius 3 is 2.63 bits per heavy atom. The molecular formula is C30H25ClF4N8O3. The smallest absolute Gasteiger partial charge is 0.423 e. The summed E-state index contributed by atoms with van der Waals surface area (Å²) in [5, 5.41) is 15.4. The number of nitrogens with zero attached hydrogens (tertiary/aromatic N) is 5. The summed E-state index contributed by atoms with van der Waals surface area (Å²) in [5.74, 6) is -2.44. The maximum atomic E-state index is 14.9. The zero-order valence-electron chi connectivity index (χ0n) is 23.8. The van der Waals surface area contributed by atoms with Crippen LogP contribution in [0.5, 0.6) is 5.75 Å². The largest absolute Gasteiger partial charge is 0.482 e. The fourth-order valence-corrected chi connectivity index (χ4v) is 5.34. The van der Waals surface area contributed by atoms with Gasteiger partial charge in [0.25, 0.3) is 5.91 Å². The number of benzene rings is 1. The van der Waals surface area contributed by atoms with Crippen molar-refractivity contribution < 1.29 is 31.9 Å². The second kappa shape index (κ2) is 12.0. The molecule has 6 rings (SSSR count). The molecule has 238 valence electrons. The molecule has 1 aliphatic carbocycles. The summed E-state index contributed by atoms with van der Waals surface area (Å²) in [6, 6.07) is 8.52. The van der Waals surface area contributed by atoms with Crippen LogP contribution in [0.4, 0.5) is 29.1 Å². The van der Waals surface area contributed by atoms with Crippen molar-refractivity contribution in [1.29, 1.82) is 5.41 Å². The third kappa shape index (κ3) is 6.09. The maximum absolute atomic E-state index is 14.9. The van der Waals surface area contributed by atoms with Gasteiger partial charge >= 0.3 is 18.6 Å². The average molecular weight is 657 g/mol. The van der Waals surface area contributed by atoms with Crippen molar-refractivity contribution in [3.05, 3.63) is 82.0 Å². The Balaban J connectivity index is 1.45. The van der Waals surface area contributed by atoms with Gasteiger partial charge in [-0.25, -0.2) is 9.67 Å². The molecule has 2 aliphatic rings. The van der Waals surface area contributed by atoms with Gasteiger partial charge in [0.2, 0.25) is 0 Å². The molecule has 0 radical (unpaired) electrons. The lowest BCUT2D eigenvalue weighted by Gasteiger charge is -2.33. The van der Waals surface area contributed by atoms with Crippen LogP contribution < -0.4 is 20.7 Å². The summed E-state index contributed by atoms with van der Waals surface area (Å²) in [4.78, 5) is 35.2. The van der Waals surface area contributed by atoms with Crippen molar-refractivity contribution in [2.24, 2.45) is 11.7 Å². The van der Waals surface area contributed by atoms with Gasteiger partial charge in [0.05, 0.1) is 46.4 Å². The number of nitrogens with one attached hydrogen (secondary N) is 2. The van der Waals surface area contributed by atoms with Gasteiger partial charge in [-0.3, -0.25) is 19.5 Å². The monoisotopic (exact) mass is 656 g/mol. The lowest BCUT2D eigenvalue weighted by atomic mass is 9.91. The molecule has 4 aromatic rings. The van der Waals surface area contributed by atoms with Crippen LogP contribution in [0.2, 0.25) is 5.02 Å². The number of pyridine rings is 2. The summed E-state index contributed by atoms with van der Waals surface area (Å²) >= 11 is 5.89. The van der Waals surface area contributed by atoms with Gasteiger partial charge in [-0.05, 0) is 61.1 Å². The molecule has 1 fully saturated rings. The quantitative estimate of drug-likeness (QED) is 0.141. The Kier molecular flexibility index (Phi) is 8.10. The third-order valence-electron chi connectivity index (χ3n) is 7.56. The second-order valence-corrected chi connectivity index (χ2v) is 11.2. The molecule has 0 unspecified atom stereocenters. The highest BCUT2D eigenvalue weighted by molar-refractivity contribution is 6.30. The Morgan fingerprint density at radius 1 is 1.22 bits per heavy atom. The van der Waals surface area contributed by atoms with E-state index in [0.29, 0.717) is 27.5 Å². The molecule has 46 heavy (non-hydrogen) atoms. The standard InChI is InChI=1S/C30H25ClF4N8O3/c31-17-4-5-19(38-12-17)14-42-22-6-3-16(10-23(22)46-30(34,35)28(42)45)24-20(11-36)27(39-13-18-7-8-43(41-18)29(32)33)40-21(9-15-1-2-15)25(24)26(37)44/h3-8,10-12,15,29,36H,1-2,9,13-14H2,(H2,37,44)(H,39,40). The summed E-state index contributed by atoms with van der Waals surface area (Å²) < 4.78 is 61.3. The Bertz CT molecular complexity index is 1850. The van der Waals surface area contributed by atoms with Crippen LogP contribution in [-0.2, 0) is 24.3 Å². The fourth-order valence-electron chi connectivity index (χ4n) is 5.23. The summed E-state index contributed by atoms with van der Waals surface area (Å²) in [6.45, 7) is -3.19. The van der Waals surface area contributed by atoms with E-state index < -0.39 is 24.5 Å². The van der Waals surface area contributed by atoms with E-state index in [1.807, 2.05) is 0 Å². The number of amides is 2. The Labute approximate surface area is 263 Å². The summed E-state index contributed by atoms with van der Waals surface area (Å²) in [6.07, 6.45) is 1.34. The number of hydrogen-bond donors (Lipinski definition) is 3. The number of fused-ring (bicyclic) bond motifs is 1. The van der Waals surface area contributed by atoms with E-state index >= 15 is 0 Å². The molecule has 3 aromatic heterocycles. The van der Waals surface area contributed by atoms with E-state index in [4.69, 9.17) is 27.5 Å². The highest BCUT2D eigenvalue weighted by Crippen LogP contribution is 2.44. The summed E-state index contributed by atoms with van der Waals surface area (Å²) in [5.41, 5.74) is 7.15. The number of hydrogen-bond acceptors (Lipinski definition) is 8. The van der Waals surface area contributed by atoms with Gasteiger partial charge in [-0.2, -0.15) is 22.7 Å². The minimum absolute atomic E-state index is 0.00116. The first-order valence-corrected chi connectivity index (χ1v) is 14.4. The lowest BCUT2D eigenvalue weighted by molar-refractivity contribution is -0.193. The van der Waals surface area contributed by atoms with E-state index in [9.17, 15) is 27.2 Å². The predicted molar refractivity (Wildman–Crippen MR) is 159 cm³/mol. The molecule has 1 saturated carbocycles. The number of nitrogens with two attached hydrogens (primary N) is 1. The SMILES string of the molecule is N=Cc1c(NCc2ccn(C(F)F)n2)nc(CC2CC2)c(C(N)=O)c1-c1ccc2c(c1)OC(F)(F)C(=O)N2Cc1ccc(Cl)cn1. The van der Waals surface area contributed by atoms with Crippen molar-refractivity contribution >= 4 is 41.1 Å². The first-order chi connectivity index (χ1) is 21.9. The number of carbonyl (C=O) groups is 2. The number of ether oxygens (including phenoxy) is 1. The summed E-state index contributed by atoms with van der Waals surface area (Å²) in [7, 11) is 0. The van der Waals surface area contributed by atoms with Crippen molar-refractivity contribution in [1.82, 2.24) is 19.7 Å². The second-order valence-electron chi connectivity index (χ2n) is 10.8. The molecule has 0 atom stereocenters. The first kappa shape index (κ1) is 31.0. The molecule has 16 heteroatoms.